The van der Waals surface area contributed by atoms with Crippen LogP contribution in [0.25, 0.3) is 77.2 Å². The Hall–Kier alpha value is -8.60. The molecule has 0 fully saturated rings. The van der Waals surface area contributed by atoms with Gasteiger partial charge in [0.15, 0.2) is 0 Å². The minimum Gasteiger partial charge on any atom is -0.308 e. The Morgan fingerprint density at radius 3 is 1.13 bits per heavy atom. The van der Waals surface area contributed by atoms with E-state index in [0.717, 1.165) is 56.6 Å². The Bertz CT molecular complexity index is 3710. The molecule has 3 heterocycles. The van der Waals surface area contributed by atoms with Crippen LogP contribution in [0.4, 0.5) is 34.1 Å². The van der Waals surface area contributed by atoms with Crippen molar-refractivity contribution in [2.75, 3.05) is 9.80 Å². The van der Waals surface area contributed by atoms with Gasteiger partial charge in [0.05, 0.1) is 33.4 Å². The van der Waals surface area contributed by atoms with Crippen molar-refractivity contribution >= 4 is 77.7 Å². The van der Waals surface area contributed by atoms with Crippen LogP contribution in [0.2, 0.25) is 0 Å². The number of rotatable bonds is 4. The van der Waals surface area contributed by atoms with E-state index in [4.69, 9.17) is 0 Å². The van der Waals surface area contributed by atoms with Crippen LogP contribution >= 0.6 is 0 Å². The summed E-state index contributed by atoms with van der Waals surface area (Å²) in [4.78, 5) is 4.98. The smallest absolute Gasteiger partial charge is 0.0782 e. The molecule has 0 atom stereocenters. The Morgan fingerprint density at radius 2 is 0.672 bits per heavy atom. The first kappa shape index (κ1) is 37.7. The summed E-state index contributed by atoms with van der Waals surface area (Å²) in [7, 11) is 0. The van der Waals surface area contributed by atoms with Crippen LogP contribution in [0.5, 0.6) is 0 Å². The second-order valence-electron chi connectivity index (χ2n) is 18.6. The van der Waals surface area contributed by atoms with E-state index in [1.54, 1.807) is 0 Å². The second kappa shape index (κ2) is 14.2. The first-order chi connectivity index (χ1) is 33.0. The van der Waals surface area contributed by atoms with Gasteiger partial charge in [0.1, 0.15) is 0 Å². The van der Waals surface area contributed by atoms with Crippen molar-refractivity contribution in [3.63, 3.8) is 0 Å². The van der Waals surface area contributed by atoms with Gasteiger partial charge >= 0.3 is 0 Å². The Balaban J connectivity index is 1.07. The highest BCUT2D eigenvalue weighted by molar-refractivity contribution is 6.16. The molecule has 0 radical (unpaired) electrons. The molecular weight excluding hydrogens is 813 g/mol. The van der Waals surface area contributed by atoms with Gasteiger partial charge in [-0.1, -0.05) is 147 Å². The van der Waals surface area contributed by atoms with Crippen molar-refractivity contribution in [2.24, 2.45) is 0 Å². The van der Waals surface area contributed by atoms with Gasteiger partial charge in [-0.25, -0.2) is 0 Å². The SMILES string of the molecule is CC1(C)c2ccc3cc2-c2cc(ccc21)N(c1cccc2c4ccccc4n(-c4ccccc4)c12)c1cccc(c1)-c1cccc(c1)N3c1cccc2c3ccccc3n(-c3ccccc3)c12. The van der Waals surface area contributed by atoms with Crippen LogP contribution in [0.15, 0.2) is 231 Å². The van der Waals surface area contributed by atoms with Gasteiger partial charge in [-0.15, -0.1) is 0 Å². The minimum atomic E-state index is -0.204. The van der Waals surface area contributed by atoms with Gasteiger partial charge in [-0.05, 0) is 130 Å². The molecule has 4 heteroatoms. The zero-order chi connectivity index (χ0) is 44.4. The van der Waals surface area contributed by atoms with E-state index in [1.165, 1.54) is 65.9 Å². The van der Waals surface area contributed by atoms with Gasteiger partial charge in [-0.3, -0.25) is 0 Å². The van der Waals surface area contributed by atoms with Crippen molar-refractivity contribution in [1.29, 1.82) is 0 Å². The molecule has 14 rings (SSSR count). The predicted molar refractivity (Wildman–Crippen MR) is 281 cm³/mol. The zero-order valence-corrected chi connectivity index (χ0v) is 37.2. The lowest BCUT2D eigenvalue weighted by molar-refractivity contribution is 0.660. The van der Waals surface area contributed by atoms with Crippen molar-refractivity contribution in [3.05, 3.63) is 242 Å². The summed E-state index contributed by atoms with van der Waals surface area (Å²) in [6.45, 7) is 4.76. The van der Waals surface area contributed by atoms with Crippen LogP contribution in [-0.2, 0) is 5.41 Å². The highest BCUT2D eigenvalue weighted by Crippen LogP contribution is 2.54. The van der Waals surface area contributed by atoms with E-state index in [0.29, 0.717) is 0 Å². The fourth-order valence-electron chi connectivity index (χ4n) is 11.6. The zero-order valence-electron chi connectivity index (χ0n) is 37.2. The lowest BCUT2D eigenvalue weighted by atomic mass is 9.82. The maximum atomic E-state index is 2.49. The maximum absolute atomic E-state index is 2.49. The van der Waals surface area contributed by atoms with Crippen molar-refractivity contribution in [2.45, 2.75) is 19.3 Å². The number of aromatic nitrogens is 2. The topological polar surface area (TPSA) is 16.3 Å². The first-order valence-corrected chi connectivity index (χ1v) is 23.3. The summed E-state index contributed by atoms with van der Waals surface area (Å²) in [5, 5.41) is 4.91. The summed E-state index contributed by atoms with van der Waals surface area (Å²) in [6, 6.07) is 85.5. The second-order valence-corrected chi connectivity index (χ2v) is 18.6. The number of benzene rings is 10. The van der Waals surface area contributed by atoms with Gasteiger partial charge in [0, 0.05) is 61.1 Å². The van der Waals surface area contributed by atoms with Gasteiger partial charge in [0.2, 0.25) is 0 Å². The van der Waals surface area contributed by atoms with Crippen LogP contribution in [0, 0.1) is 0 Å². The first-order valence-electron chi connectivity index (χ1n) is 23.3. The summed E-state index contributed by atoms with van der Waals surface area (Å²) < 4.78 is 4.89. The number of para-hydroxylation sites is 6. The molecule has 0 unspecified atom stereocenters. The molecule has 12 aromatic rings. The summed E-state index contributed by atoms with van der Waals surface area (Å²) in [5.41, 5.74) is 20.9. The normalized spacial score (nSPS) is 13.6. The van der Waals surface area contributed by atoms with Gasteiger partial charge in [-0.2, -0.15) is 0 Å². The number of anilines is 6. The molecule has 0 N–H and O–H groups in total. The summed E-state index contributed by atoms with van der Waals surface area (Å²) in [6.07, 6.45) is 0. The molecule has 1 aliphatic carbocycles. The van der Waals surface area contributed by atoms with Crippen LogP contribution < -0.4 is 9.80 Å². The lowest BCUT2D eigenvalue weighted by Gasteiger charge is -2.29. The highest BCUT2D eigenvalue weighted by atomic mass is 15.2. The molecule has 8 bridgehead atoms. The molecule has 2 aromatic heterocycles. The molecule has 1 aliphatic heterocycles. The monoisotopic (exact) mass is 856 g/mol. The van der Waals surface area contributed by atoms with Crippen molar-refractivity contribution in [1.82, 2.24) is 9.13 Å². The van der Waals surface area contributed by atoms with Crippen LogP contribution in [0.3, 0.4) is 0 Å². The van der Waals surface area contributed by atoms with Crippen molar-refractivity contribution in [3.8, 4) is 33.6 Å². The van der Waals surface area contributed by atoms with E-state index < -0.39 is 0 Å². The Morgan fingerprint density at radius 1 is 0.299 bits per heavy atom. The van der Waals surface area contributed by atoms with Gasteiger partial charge < -0.3 is 18.9 Å². The standard InChI is InChI=1S/C63H44N4/c1-63(2)55-35-33-47-39-53(55)54-40-48(34-36-56(54)63)65(60-32-16-28-52-50-26-10-12-30-58(50)67(62(52)60)44-21-7-4-8-22-44)46-24-14-18-42(38-46)41-17-13-23-45(37-41)64(47)59-31-15-27-51-49-25-9-11-29-57(49)66(61(51)59)43-19-5-3-6-20-43/h3-40H,1-2H3. The molecule has 316 valence electrons. The summed E-state index contributed by atoms with van der Waals surface area (Å²) in [5.74, 6) is 0. The third-order valence-electron chi connectivity index (χ3n) is 14.6. The fourth-order valence-corrected chi connectivity index (χ4v) is 11.6. The molecule has 0 saturated carbocycles. The summed E-state index contributed by atoms with van der Waals surface area (Å²) >= 11 is 0. The number of nitrogens with zero attached hydrogens (tertiary/aromatic N) is 4. The third kappa shape index (κ3) is 5.47. The molecular formula is C63H44N4. The number of hydrogen-bond acceptors (Lipinski definition) is 2. The lowest BCUT2D eigenvalue weighted by Crippen LogP contribution is -2.16. The fraction of sp³-hybridized carbons (Fsp3) is 0.0476. The largest absolute Gasteiger partial charge is 0.308 e. The van der Waals surface area contributed by atoms with Crippen LogP contribution in [0.1, 0.15) is 25.0 Å². The molecule has 10 aromatic carbocycles. The van der Waals surface area contributed by atoms with E-state index in [1.807, 2.05) is 0 Å². The number of hydrogen-bond donors (Lipinski definition) is 0. The Kier molecular flexibility index (Phi) is 8.00. The molecule has 2 aliphatic rings. The average molecular weight is 857 g/mol. The maximum Gasteiger partial charge on any atom is 0.0782 e. The third-order valence-corrected chi connectivity index (χ3v) is 14.6. The molecule has 4 nitrogen and oxygen atoms in total. The molecule has 0 saturated heterocycles. The van der Waals surface area contributed by atoms with E-state index in [2.05, 4.69) is 263 Å². The number of fused-ring (bicyclic) bond motifs is 13. The predicted octanol–water partition coefficient (Wildman–Crippen LogP) is 17.1. The van der Waals surface area contributed by atoms with E-state index >= 15 is 0 Å². The molecule has 67 heavy (non-hydrogen) atoms. The Labute approximate surface area is 389 Å². The molecule has 0 spiro atoms. The average Bonchev–Trinajstić information content (AvgIpc) is 3.98. The quantitative estimate of drug-likeness (QED) is 0.175. The van der Waals surface area contributed by atoms with E-state index in [-0.39, 0.29) is 5.41 Å². The van der Waals surface area contributed by atoms with Crippen LogP contribution in [-0.4, -0.2) is 9.13 Å². The highest BCUT2D eigenvalue weighted by Gasteiger charge is 2.37. The van der Waals surface area contributed by atoms with Crippen molar-refractivity contribution < 1.29 is 0 Å². The molecule has 0 amide bonds. The van der Waals surface area contributed by atoms with E-state index in [9.17, 15) is 0 Å². The minimum absolute atomic E-state index is 0.204. The van der Waals surface area contributed by atoms with Gasteiger partial charge in [0.25, 0.3) is 0 Å².